The molecule has 0 bridgehead atoms. The van der Waals surface area contributed by atoms with Crippen molar-refractivity contribution in [1.29, 1.82) is 0 Å². The zero-order valence-electron chi connectivity index (χ0n) is 21.7. The quantitative estimate of drug-likeness (QED) is 0.405. The molecule has 1 aromatic heterocycles. The summed E-state index contributed by atoms with van der Waals surface area (Å²) < 4.78 is 0. The molecule has 3 aromatic rings. The Balaban J connectivity index is 1.18. The molecule has 3 aliphatic rings. The molecule has 0 saturated heterocycles. The Bertz CT molecular complexity index is 1430. The monoisotopic (exact) mass is 524 g/mol. The predicted octanol–water partition coefficient (Wildman–Crippen LogP) is 3.83. The minimum atomic E-state index is -0.739. The van der Waals surface area contributed by atoms with Gasteiger partial charge in [0.2, 0.25) is 11.8 Å². The van der Waals surface area contributed by atoms with Crippen LogP contribution in [0.3, 0.4) is 0 Å². The Morgan fingerprint density at radius 2 is 1.87 bits per heavy atom. The highest BCUT2D eigenvalue weighted by molar-refractivity contribution is 5.95. The van der Waals surface area contributed by atoms with Crippen molar-refractivity contribution in [1.82, 2.24) is 9.88 Å². The van der Waals surface area contributed by atoms with Crippen molar-refractivity contribution in [3.8, 4) is 0 Å². The fourth-order valence-corrected chi connectivity index (χ4v) is 6.52. The van der Waals surface area contributed by atoms with Crippen LogP contribution in [0.25, 0.3) is 0 Å². The highest BCUT2D eigenvalue weighted by Crippen LogP contribution is 2.48. The molecule has 6 rings (SSSR count). The predicted molar refractivity (Wildman–Crippen MR) is 147 cm³/mol. The Hall–Kier alpha value is -4.04. The number of hydrogen-bond acceptors (Lipinski definition) is 6. The van der Waals surface area contributed by atoms with E-state index in [9.17, 15) is 19.5 Å². The minimum absolute atomic E-state index is 0.0331. The number of nitrogens with one attached hydrogen (secondary N) is 2. The van der Waals surface area contributed by atoms with Crippen molar-refractivity contribution < 1.29 is 19.5 Å². The Labute approximate surface area is 227 Å². The van der Waals surface area contributed by atoms with Crippen LogP contribution < -0.4 is 10.6 Å². The van der Waals surface area contributed by atoms with Crippen LogP contribution in [0.2, 0.25) is 0 Å². The van der Waals surface area contributed by atoms with E-state index in [-0.39, 0.29) is 30.8 Å². The second-order valence-corrected chi connectivity index (χ2v) is 11.0. The van der Waals surface area contributed by atoms with Gasteiger partial charge in [0.25, 0.3) is 0 Å². The number of hydrogen-bond donors (Lipinski definition) is 3. The van der Waals surface area contributed by atoms with E-state index in [0.29, 0.717) is 24.1 Å². The van der Waals surface area contributed by atoms with Crippen molar-refractivity contribution in [2.24, 2.45) is 5.92 Å². The summed E-state index contributed by atoms with van der Waals surface area (Å²) in [7, 11) is 0. The molecule has 1 spiro atoms. The second-order valence-electron chi connectivity index (χ2n) is 11.0. The van der Waals surface area contributed by atoms with Gasteiger partial charge < -0.3 is 20.6 Å². The van der Waals surface area contributed by atoms with Gasteiger partial charge in [-0.05, 0) is 60.6 Å². The van der Waals surface area contributed by atoms with E-state index >= 15 is 0 Å². The van der Waals surface area contributed by atoms with Crippen LogP contribution in [0.15, 0.2) is 60.8 Å². The molecular formula is C31H32N4O4. The number of fused-ring (bicyclic) bond motifs is 3. The summed E-state index contributed by atoms with van der Waals surface area (Å²) in [6.07, 6.45) is 6.78. The molecule has 8 nitrogen and oxygen atoms in total. The Morgan fingerprint density at radius 1 is 1.08 bits per heavy atom. The van der Waals surface area contributed by atoms with Gasteiger partial charge in [-0.15, -0.1) is 0 Å². The van der Waals surface area contributed by atoms with Crippen LogP contribution in [0.4, 0.5) is 11.5 Å². The van der Waals surface area contributed by atoms with Gasteiger partial charge in [0.1, 0.15) is 24.9 Å². The first-order valence-electron chi connectivity index (χ1n) is 13.6. The lowest BCUT2D eigenvalue weighted by molar-refractivity contribution is -0.138. The third-order valence-electron chi connectivity index (χ3n) is 8.54. The highest BCUT2D eigenvalue weighted by Gasteiger charge is 2.50. The van der Waals surface area contributed by atoms with Crippen LogP contribution >= 0.6 is 0 Å². The molecule has 8 heteroatoms. The molecule has 2 amide bonds. The van der Waals surface area contributed by atoms with Gasteiger partial charge >= 0.3 is 0 Å². The minimum Gasteiger partial charge on any atom is -0.373 e. The van der Waals surface area contributed by atoms with E-state index in [1.807, 2.05) is 42.5 Å². The molecule has 2 unspecified atom stereocenters. The van der Waals surface area contributed by atoms with Crippen LogP contribution in [0.5, 0.6) is 0 Å². The summed E-state index contributed by atoms with van der Waals surface area (Å²) in [5.41, 5.74) is 4.65. The summed E-state index contributed by atoms with van der Waals surface area (Å²) in [6, 6.07) is 16.9. The number of nitrogens with zero attached hydrogens (tertiary/aromatic N) is 2. The number of benzene rings is 2. The number of aliphatic hydroxyl groups excluding tert-OH is 1. The van der Waals surface area contributed by atoms with E-state index in [0.717, 1.165) is 60.0 Å². The number of amides is 2. The molecule has 1 fully saturated rings. The van der Waals surface area contributed by atoms with Crippen molar-refractivity contribution >= 4 is 29.6 Å². The van der Waals surface area contributed by atoms with Gasteiger partial charge in [-0.3, -0.25) is 14.4 Å². The molecule has 39 heavy (non-hydrogen) atoms. The van der Waals surface area contributed by atoms with Crippen molar-refractivity contribution in [3.05, 3.63) is 88.6 Å². The van der Waals surface area contributed by atoms with E-state index < -0.39 is 11.6 Å². The summed E-state index contributed by atoms with van der Waals surface area (Å²) in [5.74, 6) is 0.319. The summed E-state index contributed by atoms with van der Waals surface area (Å²) in [5, 5.41) is 17.0. The molecule has 2 aromatic carbocycles. The SMILES string of the molecule is O=Cc1ccccc1CN(CC(=O)Nc1ccc2c(c1)CC1(C2)c2cccnc2NC1O)C(=O)C1CCCC1. The van der Waals surface area contributed by atoms with Crippen LogP contribution in [0, 0.1) is 5.92 Å². The van der Waals surface area contributed by atoms with Gasteiger partial charge in [-0.2, -0.15) is 0 Å². The lowest BCUT2D eigenvalue weighted by Gasteiger charge is -2.27. The number of carbonyl (C=O) groups excluding carboxylic acids is 3. The molecule has 2 atom stereocenters. The molecular weight excluding hydrogens is 492 g/mol. The highest BCUT2D eigenvalue weighted by atomic mass is 16.3. The first kappa shape index (κ1) is 25.2. The maximum atomic E-state index is 13.4. The molecule has 200 valence electrons. The standard InChI is InChI=1S/C31H32N4O4/c36-19-23-9-4-3-8-22(23)17-35(29(38)20-6-1-2-7-20)18-27(37)33-25-12-11-21-15-31(16-24(21)14-25)26-10-5-13-32-28(26)34-30(31)39/h3-5,8-14,19-20,30,39H,1-2,6-7,15-18H2,(H,32,34)(H,33,37). The van der Waals surface area contributed by atoms with Crippen molar-refractivity contribution in [3.63, 3.8) is 0 Å². The third kappa shape index (κ3) is 4.69. The molecule has 0 radical (unpaired) electrons. The largest absolute Gasteiger partial charge is 0.373 e. The zero-order valence-corrected chi connectivity index (χ0v) is 21.7. The van der Waals surface area contributed by atoms with Gasteiger partial charge in [-0.25, -0.2) is 4.98 Å². The number of aldehydes is 1. The lowest BCUT2D eigenvalue weighted by Crippen LogP contribution is -2.40. The average Bonchev–Trinajstić information content (AvgIpc) is 3.67. The molecule has 3 N–H and O–H groups in total. The maximum absolute atomic E-state index is 13.4. The number of rotatable bonds is 7. The van der Waals surface area contributed by atoms with E-state index in [1.165, 1.54) is 0 Å². The average molecular weight is 525 g/mol. The van der Waals surface area contributed by atoms with Crippen LogP contribution in [-0.2, 0) is 34.4 Å². The Morgan fingerprint density at radius 3 is 2.69 bits per heavy atom. The van der Waals surface area contributed by atoms with Crippen LogP contribution in [-0.4, -0.2) is 45.9 Å². The van der Waals surface area contributed by atoms with E-state index in [1.54, 1.807) is 23.2 Å². The number of carbonyl (C=O) groups is 3. The first-order valence-corrected chi connectivity index (χ1v) is 13.6. The van der Waals surface area contributed by atoms with Gasteiger partial charge in [0, 0.05) is 35.5 Å². The summed E-state index contributed by atoms with van der Waals surface area (Å²) in [6.45, 7) is 0.119. The lowest BCUT2D eigenvalue weighted by atomic mass is 9.79. The summed E-state index contributed by atoms with van der Waals surface area (Å²) in [4.78, 5) is 44.1. The topological polar surface area (TPSA) is 112 Å². The molecule has 1 saturated carbocycles. The molecule has 2 aliphatic carbocycles. The number of aliphatic hydroxyl groups is 1. The normalized spacial score (nSPS) is 21.3. The number of anilines is 2. The van der Waals surface area contributed by atoms with Gasteiger partial charge in [0.05, 0.1) is 5.41 Å². The molecule has 2 heterocycles. The third-order valence-corrected chi connectivity index (χ3v) is 8.54. The van der Waals surface area contributed by atoms with E-state index in [2.05, 4.69) is 15.6 Å². The summed E-state index contributed by atoms with van der Waals surface area (Å²) >= 11 is 0. The fraction of sp³-hybridized carbons (Fsp3) is 0.355. The van der Waals surface area contributed by atoms with Crippen molar-refractivity contribution in [2.45, 2.75) is 56.7 Å². The zero-order chi connectivity index (χ0) is 27.0. The molecule has 1 aliphatic heterocycles. The van der Waals surface area contributed by atoms with Gasteiger partial charge in [-0.1, -0.05) is 49.2 Å². The number of pyridine rings is 1. The number of aromatic nitrogens is 1. The van der Waals surface area contributed by atoms with Gasteiger partial charge in [0.15, 0.2) is 0 Å². The maximum Gasteiger partial charge on any atom is 0.244 e. The van der Waals surface area contributed by atoms with Crippen LogP contribution in [0.1, 0.15) is 58.3 Å². The fourth-order valence-electron chi connectivity index (χ4n) is 6.52. The van der Waals surface area contributed by atoms with Crippen molar-refractivity contribution in [2.75, 3.05) is 17.2 Å². The Kier molecular flexibility index (Phi) is 6.64. The van der Waals surface area contributed by atoms with E-state index in [4.69, 9.17) is 0 Å². The smallest absolute Gasteiger partial charge is 0.244 e. The first-order chi connectivity index (χ1) is 19.0. The second kappa shape index (κ2) is 10.3.